The molecule has 0 bridgehead atoms. The van der Waals surface area contributed by atoms with Gasteiger partial charge in [0, 0.05) is 0 Å². The molecule has 0 nitrogen and oxygen atoms in total. The Morgan fingerprint density at radius 3 is 2.45 bits per heavy atom. The van der Waals surface area contributed by atoms with Gasteiger partial charge in [-0.25, -0.2) is 0 Å². The van der Waals surface area contributed by atoms with Crippen LogP contribution < -0.4 is 4.46 Å². The minimum absolute atomic E-state index is 0.555. The molecule has 0 spiro atoms. The fraction of sp³-hybridized carbons (Fsp3) is 0.111. The van der Waals surface area contributed by atoms with Crippen LogP contribution in [0.15, 0.2) is 40.3 Å². The molecule has 0 atom stereocenters. The number of hydrogen-bond donors (Lipinski definition) is 0. The monoisotopic (exact) mass is 278 g/mol. The molecule has 0 radical (unpaired) electrons. The van der Waals surface area contributed by atoms with Gasteiger partial charge in [-0.1, -0.05) is 0 Å². The summed E-state index contributed by atoms with van der Waals surface area (Å²) in [6.45, 7) is 0. The molecule has 0 heterocycles. The first-order valence-electron chi connectivity index (χ1n) is 3.33. The van der Waals surface area contributed by atoms with Crippen LogP contribution in [0.1, 0.15) is 0 Å². The maximum absolute atomic E-state index is 2.31. The second-order valence-corrected chi connectivity index (χ2v) is 5.55. The molecule has 1 aromatic rings. The first-order chi connectivity index (χ1) is 5.43. The molecule has 1 rings (SSSR count). The van der Waals surface area contributed by atoms with Crippen molar-refractivity contribution in [2.75, 3.05) is 0 Å². The summed E-state index contributed by atoms with van der Waals surface area (Å²) >= 11 is 1.25. The first kappa shape index (κ1) is 9.09. The van der Waals surface area contributed by atoms with E-state index < -0.39 is 0 Å². The summed E-state index contributed by atoms with van der Waals surface area (Å²) < 4.78 is 1.46. The third-order valence-electron chi connectivity index (χ3n) is 1.14. The Hall–Kier alpha value is -0.00104. The van der Waals surface area contributed by atoms with Gasteiger partial charge in [0.05, 0.1) is 0 Å². The summed E-state index contributed by atoms with van der Waals surface area (Å²) in [5.41, 5.74) is 0. The summed E-state index contributed by atoms with van der Waals surface area (Å²) in [4.78, 5) is 4.60. The van der Waals surface area contributed by atoms with Crippen LogP contribution in [-0.4, -0.2) is 29.9 Å². The van der Waals surface area contributed by atoms with Crippen molar-refractivity contribution in [3.8, 4) is 0 Å². The normalized spacial score (nSPS) is 10.6. The SMILES string of the molecule is C[Se]/C=C\[Se]c1ccccc1. The molecule has 2 heteroatoms. The van der Waals surface area contributed by atoms with Crippen LogP contribution in [0.3, 0.4) is 0 Å². The molecule has 0 saturated heterocycles. The van der Waals surface area contributed by atoms with Gasteiger partial charge in [0.1, 0.15) is 0 Å². The number of rotatable bonds is 3. The Morgan fingerprint density at radius 2 is 1.82 bits per heavy atom. The average molecular weight is 276 g/mol. The summed E-state index contributed by atoms with van der Waals surface area (Å²) in [6.07, 6.45) is 0. The first-order valence-corrected chi connectivity index (χ1v) is 7.88. The van der Waals surface area contributed by atoms with Crippen molar-refractivity contribution in [2.24, 2.45) is 0 Å². The van der Waals surface area contributed by atoms with Crippen molar-refractivity contribution >= 4 is 34.4 Å². The van der Waals surface area contributed by atoms with Crippen LogP contribution in [0.25, 0.3) is 0 Å². The minimum atomic E-state index is 0.555. The summed E-state index contributed by atoms with van der Waals surface area (Å²) in [6, 6.07) is 10.6. The van der Waals surface area contributed by atoms with Crippen molar-refractivity contribution < 1.29 is 0 Å². The van der Waals surface area contributed by atoms with Crippen LogP contribution in [0.2, 0.25) is 5.82 Å². The zero-order valence-electron chi connectivity index (χ0n) is 6.36. The molecule has 0 aliphatic carbocycles. The molecular formula is C9H10Se2. The van der Waals surface area contributed by atoms with Crippen molar-refractivity contribution in [2.45, 2.75) is 5.82 Å². The topological polar surface area (TPSA) is 0 Å². The molecule has 0 unspecified atom stereocenters. The molecule has 0 N–H and O–H groups in total. The van der Waals surface area contributed by atoms with Gasteiger partial charge in [-0.15, -0.1) is 0 Å². The number of benzene rings is 1. The predicted molar refractivity (Wildman–Crippen MR) is 52.6 cm³/mol. The second kappa shape index (κ2) is 5.62. The van der Waals surface area contributed by atoms with Crippen molar-refractivity contribution in [1.29, 1.82) is 0 Å². The third-order valence-corrected chi connectivity index (χ3v) is 4.58. The molecular weight excluding hydrogens is 266 g/mol. The van der Waals surface area contributed by atoms with E-state index in [2.05, 4.69) is 46.1 Å². The summed E-state index contributed by atoms with van der Waals surface area (Å²) in [5, 5.41) is 0. The van der Waals surface area contributed by atoms with E-state index in [0.29, 0.717) is 29.9 Å². The molecule has 0 saturated carbocycles. The van der Waals surface area contributed by atoms with Crippen LogP contribution in [-0.2, 0) is 0 Å². The Labute approximate surface area is 80.4 Å². The van der Waals surface area contributed by atoms with E-state index in [9.17, 15) is 0 Å². The predicted octanol–water partition coefficient (Wildman–Crippen LogP) is 1.24. The fourth-order valence-corrected chi connectivity index (χ4v) is 3.82. The van der Waals surface area contributed by atoms with Gasteiger partial charge in [0.15, 0.2) is 0 Å². The van der Waals surface area contributed by atoms with Crippen LogP contribution >= 0.6 is 0 Å². The van der Waals surface area contributed by atoms with Gasteiger partial charge in [0.2, 0.25) is 0 Å². The van der Waals surface area contributed by atoms with E-state index in [1.807, 2.05) is 0 Å². The molecule has 0 aromatic heterocycles. The quantitative estimate of drug-likeness (QED) is 0.729. The van der Waals surface area contributed by atoms with Crippen molar-refractivity contribution in [3.63, 3.8) is 0 Å². The van der Waals surface area contributed by atoms with E-state index in [1.165, 1.54) is 4.46 Å². The second-order valence-electron chi connectivity index (χ2n) is 1.94. The van der Waals surface area contributed by atoms with E-state index >= 15 is 0 Å². The summed E-state index contributed by atoms with van der Waals surface area (Å²) in [5.74, 6) is 2.23. The van der Waals surface area contributed by atoms with Gasteiger partial charge in [-0.05, 0) is 0 Å². The van der Waals surface area contributed by atoms with Crippen LogP contribution in [0, 0.1) is 0 Å². The molecule has 0 aliphatic rings. The van der Waals surface area contributed by atoms with E-state index in [4.69, 9.17) is 0 Å². The fourth-order valence-electron chi connectivity index (χ4n) is 0.661. The van der Waals surface area contributed by atoms with Gasteiger partial charge >= 0.3 is 80.5 Å². The van der Waals surface area contributed by atoms with E-state index in [1.54, 1.807) is 0 Å². The molecule has 11 heavy (non-hydrogen) atoms. The average Bonchev–Trinajstić information content (AvgIpc) is 2.07. The molecule has 58 valence electrons. The summed E-state index contributed by atoms with van der Waals surface area (Å²) in [7, 11) is 0. The van der Waals surface area contributed by atoms with Crippen molar-refractivity contribution in [1.82, 2.24) is 0 Å². The van der Waals surface area contributed by atoms with Gasteiger partial charge < -0.3 is 0 Å². The molecule has 0 fully saturated rings. The zero-order valence-corrected chi connectivity index (χ0v) is 9.78. The molecule has 0 aliphatic heterocycles. The third kappa shape index (κ3) is 3.79. The van der Waals surface area contributed by atoms with E-state index in [0.717, 1.165) is 0 Å². The standard InChI is InChI=1S/C9H10Se2/c1-10-7-8-11-9-5-3-2-4-6-9/h2-8H,1H3/b8-7-. The van der Waals surface area contributed by atoms with Gasteiger partial charge in [-0.3, -0.25) is 0 Å². The molecule has 0 amide bonds. The number of hydrogen-bond acceptors (Lipinski definition) is 0. The Balaban J connectivity index is 2.45. The van der Waals surface area contributed by atoms with E-state index in [-0.39, 0.29) is 0 Å². The maximum atomic E-state index is 2.31. The van der Waals surface area contributed by atoms with Gasteiger partial charge in [-0.2, -0.15) is 0 Å². The van der Waals surface area contributed by atoms with Crippen molar-refractivity contribution in [3.05, 3.63) is 40.3 Å². The van der Waals surface area contributed by atoms with Crippen LogP contribution in [0.5, 0.6) is 0 Å². The Bertz CT molecular complexity index is 216. The Kier molecular flexibility index (Phi) is 4.65. The van der Waals surface area contributed by atoms with Gasteiger partial charge in [0.25, 0.3) is 0 Å². The molecule has 1 aromatic carbocycles. The van der Waals surface area contributed by atoms with Crippen LogP contribution in [0.4, 0.5) is 0 Å². The Morgan fingerprint density at radius 1 is 1.09 bits per heavy atom. The zero-order chi connectivity index (χ0) is 7.94.